The molecular weight excluding hydrogens is 242 g/mol. The van der Waals surface area contributed by atoms with Gasteiger partial charge in [0.15, 0.2) is 0 Å². The maximum atomic E-state index is 4.48. The highest BCUT2D eigenvalue weighted by Gasteiger charge is 2.07. The van der Waals surface area contributed by atoms with Gasteiger partial charge in [-0.3, -0.25) is 0 Å². The van der Waals surface area contributed by atoms with Crippen molar-refractivity contribution in [3.63, 3.8) is 0 Å². The van der Waals surface area contributed by atoms with E-state index in [1.807, 2.05) is 25.1 Å². The van der Waals surface area contributed by atoms with Crippen LogP contribution in [0.25, 0.3) is 0 Å². The van der Waals surface area contributed by atoms with E-state index in [9.17, 15) is 0 Å². The van der Waals surface area contributed by atoms with E-state index in [4.69, 9.17) is 0 Å². The first kappa shape index (κ1) is 13.1. The zero-order valence-corrected chi connectivity index (χ0v) is 11.6. The molecule has 2 aromatic rings. The van der Waals surface area contributed by atoms with E-state index in [1.165, 1.54) is 0 Å². The monoisotopic (exact) mass is 261 g/mol. The molecule has 0 bridgehead atoms. The van der Waals surface area contributed by atoms with E-state index in [1.54, 1.807) is 11.3 Å². The average Bonchev–Trinajstić information content (AvgIpc) is 2.82. The van der Waals surface area contributed by atoms with Crippen molar-refractivity contribution >= 4 is 17.0 Å². The van der Waals surface area contributed by atoms with Crippen LogP contribution in [0, 0.1) is 6.92 Å². The summed E-state index contributed by atoms with van der Waals surface area (Å²) in [5, 5.41) is 10.1. The fraction of sp³-hybridized carbons (Fsp3) is 0.357. The van der Waals surface area contributed by atoms with Crippen LogP contribution in [0.15, 0.2) is 35.7 Å². The summed E-state index contributed by atoms with van der Waals surface area (Å²) in [6.45, 7) is 6.03. The molecule has 1 heterocycles. The number of thiazole rings is 1. The Morgan fingerprint density at radius 3 is 2.67 bits per heavy atom. The summed E-state index contributed by atoms with van der Waals surface area (Å²) >= 11 is 1.72. The largest absolute Gasteiger partial charge is 0.384 e. The molecule has 0 aliphatic carbocycles. The van der Waals surface area contributed by atoms with Gasteiger partial charge < -0.3 is 10.6 Å². The molecule has 0 amide bonds. The SMILES string of the molecule is Cc1csc(C(C)NCCNc2ccccc2)n1. The normalized spacial score (nSPS) is 12.3. The molecule has 0 spiro atoms. The second-order valence-electron chi connectivity index (χ2n) is 4.30. The Balaban J connectivity index is 1.69. The topological polar surface area (TPSA) is 37.0 Å². The molecule has 1 atom stereocenters. The fourth-order valence-electron chi connectivity index (χ4n) is 1.71. The van der Waals surface area contributed by atoms with Gasteiger partial charge in [0, 0.05) is 29.9 Å². The maximum Gasteiger partial charge on any atom is 0.110 e. The Labute approximate surface area is 112 Å². The molecule has 0 fully saturated rings. The molecule has 2 rings (SSSR count). The van der Waals surface area contributed by atoms with Crippen LogP contribution in [-0.2, 0) is 0 Å². The number of rotatable bonds is 6. The third kappa shape index (κ3) is 3.82. The van der Waals surface area contributed by atoms with E-state index in [0.29, 0.717) is 6.04 Å². The second kappa shape index (κ2) is 6.52. The highest BCUT2D eigenvalue weighted by Crippen LogP contribution is 2.16. The Morgan fingerprint density at radius 1 is 1.22 bits per heavy atom. The van der Waals surface area contributed by atoms with E-state index >= 15 is 0 Å². The fourth-order valence-corrected chi connectivity index (χ4v) is 2.54. The summed E-state index contributed by atoms with van der Waals surface area (Å²) in [6, 6.07) is 10.6. The van der Waals surface area contributed by atoms with Crippen LogP contribution in [-0.4, -0.2) is 18.1 Å². The molecule has 18 heavy (non-hydrogen) atoms. The van der Waals surface area contributed by atoms with Gasteiger partial charge in [-0.1, -0.05) is 18.2 Å². The lowest BCUT2D eigenvalue weighted by molar-refractivity contribution is 0.584. The van der Waals surface area contributed by atoms with E-state index in [0.717, 1.165) is 29.5 Å². The van der Waals surface area contributed by atoms with Gasteiger partial charge in [0.05, 0.1) is 6.04 Å². The summed E-state index contributed by atoms with van der Waals surface area (Å²) in [7, 11) is 0. The standard InChI is InChI=1S/C14H19N3S/c1-11-10-18-14(17-11)12(2)15-8-9-16-13-6-4-3-5-7-13/h3-7,10,12,15-16H,8-9H2,1-2H3. The number of benzene rings is 1. The molecule has 1 aromatic carbocycles. The molecule has 4 heteroatoms. The van der Waals surface area contributed by atoms with Crippen molar-refractivity contribution in [2.75, 3.05) is 18.4 Å². The molecule has 2 N–H and O–H groups in total. The van der Waals surface area contributed by atoms with Crippen molar-refractivity contribution in [1.82, 2.24) is 10.3 Å². The first-order valence-electron chi connectivity index (χ1n) is 6.20. The number of hydrogen-bond donors (Lipinski definition) is 2. The number of anilines is 1. The third-order valence-corrected chi connectivity index (χ3v) is 3.83. The van der Waals surface area contributed by atoms with Crippen LogP contribution in [0.3, 0.4) is 0 Å². The molecule has 0 radical (unpaired) electrons. The van der Waals surface area contributed by atoms with Gasteiger partial charge in [0.2, 0.25) is 0 Å². The number of hydrogen-bond acceptors (Lipinski definition) is 4. The van der Waals surface area contributed by atoms with Crippen LogP contribution in [0.2, 0.25) is 0 Å². The van der Waals surface area contributed by atoms with E-state index in [-0.39, 0.29) is 0 Å². The van der Waals surface area contributed by atoms with Gasteiger partial charge in [-0.25, -0.2) is 4.98 Å². The number of nitrogens with one attached hydrogen (secondary N) is 2. The highest BCUT2D eigenvalue weighted by atomic mass is 32.1. The Bertz CT molecular complexity index is 467. The zero-order valence-electron chi connectivity index (χ0n) is 10.8. The lowest BCUT2D eigenvalue weighted by atomic mass is 10.3. The van der Waals surface area contributed by atoms with Crippen molar-refractivity contribution in [3.8, 4) is 0 Å². The minimum Gasteiger partial charge on any atom is -0.384 e. The van der Waals surface area contributed by atoms with E-state index in [2.05, 4.69) is 40.1 Å². The molecule has 96 valence electrons. The number of aromatic nitrogens is 1. The molecule has 1 unspecified atom stereocenters. The van der Waals surface area contributed by atoms with Crippen molar-refractivity contribution in [2.45, 2.75) is 19.9 Å². The molecule has 3 nitrogen and oxygen atoms in total. The lowest BCUT2D eigenvalue weighted by Gasteiger charge is -2.12. The first-order chi connectivity index (χ1) is 8.75. The van der Waals surface area contributed by atoms with Crippen molar-refractivity contribution in [2.24, 2.45) is 0 Å². The number of para-hydroxylation sites is 1. The van der Waals surface area contributed by atoms with Crippen LogP contribution in [0.4, 0.5) is 5.69 Å². The molecule has 1 aromatic heterocycles. The average molecular weight is 261 g/mol. The molecule has 0 saturated heterocycles. The van der Waals surface area contributed by atoms with Crippen LogP contribution in [0.1, 0.15) is 23.7 Å². The molecular formula is C14H19N3S. The number of nitrogens with zero attached hydrogens (tertiary/aromatic N) is 1. The summed E-state index contributed by atoms with van der Waals surface area (Å²) in [5.74, 6) is 0. The Morgan fingerprint density at radius 2 is 2.00 bits per heavy atom. The quantitative estimate of drug-likeness (QED) is 0.784. The summed E-state index contributed by atoms with van der Waals surface area (Å²) in [6.07, 6.45) is 0. The van der Waals surface area contributed by atoms with Crippen LogP contribution < -0.4 is 10.6 Å². The summed E-state index contributed by atoms with van der Waals surface area (Å²) in [4.78, 5) is 4.48. The second-order valence-corrected chi connectivity index (χ2v) is 5.19. The van der Waals surface area contributed by atoms with E-state index < -0.39 is 0 Å². The Kier molecular flexibility index (Phi) is 4.73. The predicted molar refractivity (Wildman–Crippen MR) is 78.2 cm³/mol. The van der Waals surface area contributed by atoms with Gasteiger partial charge in [-0.05, 0) is 26.0 Å². The minimum absolute atomic E-state index is 0.321. The first-order valence-corrected chi connectivity index (χ1v) is 7.08. The smallest absolute Gasteiger partial charge is 0.110 e. The maximum absolute atomic E-state index is 4.48. The number of aryl methyl sites for hydroxylation is 1. The zero-order chi connectivity index (χ0) is 12.8. The molecule has 0 aliphatic heterocycles. The molecule has 0 saturated carbocycles. The van der Waals surface area contributed by atoms with Gasteiger partial charge in [-0.15, -0.1) is 11.3 Å². The van der Waals surface area contributed by atoms with Crippen molar-refractivity contribution in [3.05, 3.63) is 46.4 Å². The van der Waals surface area contributed by atoms with Gasteiger partial charge >= 0.3 is 0 Å². The summed E-state index contributed by atoms with van der Waals surface area (Å²) < 4.78 is 0. The predicted octanol–water partition coefficient (Wildman–Crippen LogP) is 3.21. The van der Waals surface area contributed by atoms with Crippen LogP contribution in [0.5, 0.6) is 0 Å². The summed E-state index contributed by atoms with van der Waals surface area (Å²) in [5.41, 5.74) is 2.27. The molecule has 0 aliphatic rings. The van der Waals surface area contributed by atoms with Gasteiger partial charge in [0.25, 0.3) is 0 Å². The third-order valence-electron chi connectivity index (χ3n) is 2.69. The Hall–Kier alpha value is -1.39. The lowest BCUT2D eigenvalue weighted by Crippen LogP contribution is -2.25. The van der Waals surface area contributed by atoms with Crippen LogP contribution >= 0.6 is 11.3 Å². The van der Waals surface area contributed by atoms with Gasteiger partial charge in [-0.2, -0.15) is 0 Å². The van der Waals surface area contributed by atoms with Crippen molar-refractivity contribution < 1.29 is 0 Å². The minimum atomic E-state index is 0.321. The van der Waals surface area contributed by atoms with Crippen molar-refractivity contribution in [1.29, 1.82) is 0 Å². The highest BCUT2D eigenvalue weighted by molar-refractivity contribution is 7.09. The van der Waals surface area contributed by atoms with Gasteiger partial charge in [0.1, 0.15) is 5.01 Å².